The van der Waals surface area contributed by atoms with E-state index in [0.29, 0.717) is 23.6 Å². The number of imidazole rings is 1. The van der Waals surface area contributed by atoms with E-state index in [2.05, 4.69) is 15.0 Å². The predicted octanol–water partition coefficient (Wildman–Crippen LogP) is 3.17. The van der Waals surface area contributed by atoms with Crippen molar-refractivity contribution in [3.05, 3.63) is 58.5 Å². The molecule has 116 valence electrons. The van der Waals surface area contributed by atoms with Crippen molar-refractivity contribution >= 4 is 23.0 Å². The molecule has 23 heavy (non-hydrogen) atoms. The van der Waals surface area contributed by atoms with Crippen LogP contribution >= 0.6 is 11.6 Å². The molecule has 1 unspecified atom stereocenters. The fourth-order valence-corrected chi connectivity index (χ4v) is 3.47. The van der Waals surface area contributed by atoms with Gasteiger partial charge in [-0.25, -0.2) is 9.97 Å². The van der Waals surface area contributed by atoms with Crippen molar-refractivity contribution in [3.8, 4) is 0 Å². The van der Waals surface area contributed by atoms with Crippen LogP contribution in [-0.4, -0.2) is 25.1 Å². The lowest BCUT2D eigenvalue weighted by atomic mass is 9.71. The van der Waals surface area contributed by atoms with Crippen LogP contribution in [0, 0.1) is 6.92 Å². The topological polar surface area (TPSA) is 60.2 Å². The highest BCUT2D eigenvalue weighted by Gasteiger charge is 2.43. The van der Waals surface area contributed by atoms with E-state index in [4.69, 9.17) is 11.6 Å². The lowest BCUT2D eigenvalue weighted by molar-refractivity contribution is 0.0871. The number of carbonyl (C=O) groups excluding carboxylic acids is 1. The summed E-state index contributed by atoms with van der Waals surface area (Å²) in [5.74, 6) is 0.0333. The van der Waals surface area contributed by atoms with Crippen LogP contribution in [0.25, 0.3) is 5.65 Å². The molecule has 0 spiro atoms. The number of pyridine rings is 1. The molecular weight excluding hydrogens is 312 g/mol. The molecule has 0 aromatic carbocycles. The van der Waals surface area contributed by atoms with Crippen LogP contribution in [0.2, 0.25) is 5.15 Å². The number of hydrogen-bond donors (Lipinski definition) is 0. The first-order valence-electron chi connectivity index (χ1n) is 7.50. The van der Waals surface area contributed by atoms with E-state index in [0.717, 1.165) is 22.7 Å². The minimum Gasteiger partial charge on any atom is -0.304 e. The summed E-state index contributed by atoms with van der Waals surface area (Å²) in [5, 5.41) is 0.421. The molecule has 0 fully saturated rings. The number of rotatable bonds is 1. The highest BCUT2D eigenvalue weighted by molar-refractivity contribution is 6.29. The molecule has 0 bridgehead atoms. The summed E-state index contributed by atoms with van der Waals surface area (Å²) in [7, 11) is 0. The van der Waals surface area contributed by atoms with Gasteiger partial charge in [0.05, 0.1) is 22.5 Å². The number of halogens is 1. The summed E-state index contributed by atoms with van der Waals surface area (Å²) in [4.78, 5) is 26.5. The Morgan fingerprint density at radius 3 is 2.96 bits per heavy atom. The fourth-order valence-electron chi connectivity index (χ4n) is 3.30. The van der Waals surface area contributed by atoms with E-state index < -0.39 is 5.41 Å². The number of fused-ring (bicyclic) bond motifs is 2. The van der Waals surface area contributed by atoms with Gasteiger partial charge in [0.2, 0.25) is 0 Å². The lowest BCUT2D eigenvalue weighted by Crippen LogP contribution is -2.39. The number of aryl methyl sites for hydroxylation is 2. The maximum absolute atomic E-state index is 13.2. The molecule has 0 aliphatic heterocycles. The normalized spacial score (nSPS) is 20.7. The first kappa shape index (κ1) is 14.3. The zero-order chi connectivity index (χ0) is 16.2. The van der Waals surface area contributed by atoms with Gasteiger partial charge in [0.25, 0.3) is 0 Å². The first-order valence-corrected chi connectivity index (χ1v) is 7.88. The highest BCUT2D eigenvalue weighted by Crippen LogP contribution is 2.38. The largest absolute Gasteiger partial charge is 0.304 e. The van der Waals surface area contributed by atoms with Gasteiger partial charge < -0.3 is 4.40 Å². The molecule has 5 nitrogen and oxygen atoms in total. The van der Waals surface area contributed by atoms with Crippen molar-refractivity contribution < 1.29 is 4.79 Å². The van der Waals surface area contributed by atoms with Gasteiger partial charge in [0.1, 0.15) is 5.15 Å². The maximum Gasteiger partial charge on any atom is 0.176 e. The summed E-state index contributed by atoms with van der Waals surface area (Å²) >= 11 is 5.95. The van der Waals surface area contributed by atoms with E-state index in [1.54, 1.807) is 18.3 Å². The quantitative estimate of drug-likeness (QED) is 0.644. The predicted molar refractivity (Wildman–Crippen MR) is 87.0 cm³/mol. The van der Waals surface area contributed by atoms with Gasteiger partial charge in [-0.05, 0) is 38.8 Å². The molecule has 3 aromatic rings. The second-order valence-corrected chi connectivity index (χ2v) is 6.57. The molecule has 1 aliphatic rings. The Balaban J connectivity index is 1.92. The van der Waals surface area contributed by atoms with Gasteiger partial charge in [-0.15, -0.1) is 0 Å². The van der Waals surface area contributed by atoms with Crippen LogP contribution in [0.15, 0.2) is 30.7 Å². The Labute approximate surface area is 138 Å². The summed E-state index contributed by atoms with van der Waals surface area (Å²) < 4.78 is 1.92. The van der Waals surface area contributed by atoms with Gasteiger partial charge in [-0.1, -0.05) is 11.6 Å². The third-order valence-electron chi connectivity index (χ3n) is 4.56. The average molecular weight is 327 g/mol. The fraction of sp³-hybridized carbons (Fsp3) is 0.294. The van der Waals surface area contributed by atoms with Crippen molar-refractivity contribution in [2.24, 2.45) is 0 Å². The van der Waals surface area contributed by atoms with Crippen LogP contribution in [0.4, 0.5) is 0 Å². The Bertz CT molecular complexity index is 949. The zero-order valence-electron chi connectivity index (χ0n) is 12.9. The van der Waals surface area contributed by atoms with Gasteiger partial charge in [0, 0.05) is 24.2 Å². The van der Waals surface area contributed by atoms with Crippen LogP contribution in [-0.2, 0) is 11.8 Å². The molecule has 4 rings (SSSR count). The van der Waals surface area contributed by atoms with Gasteiger partial charge in [-0.2, -0.15) is 0 Å². The number of carbonyl (C=O) groups is 1. The van der Waals surface area contributed by atoms with Crippen LogP contribution in [0.1, 0.15) is 40.8 Å². The first-order chi connectivity index (χ1) is 11.0. The molecule has 6 heteroatoms. The molecule has 0 saturated heterocycles. The van der Waals surface area contributed by atoms with E-state index in [9.17, 15) is 4.79 Å². The number of ketones is 1. The molecule has 0 radical (unpaired) electrons. The second kappa shape index (κ2) is 4.86. The second-order valence-electron chi connectivity index (χ2n) is 6.18. The zero-order valence-corrected chi connectivity index (χ0v) is 13.6. The lowest BCUT2D eigenvalue weighted by Gasteiger charge is -2.32. The van der Waals surface area contributed by atoms with Crippen molar-refractivity contribution in [1.82, 2.24) is 19.4 Å². The minimum absolute atomic E-state index is 0.0333. The summed E-state index contributed by atoms with van der Waals surface area (Å²) in [6, 6.07) is 3.43. The van der Waals surface area contributed by atoms with Gasteiger partial charge in [0.15, 0.2) is 11.4 Å². The Hall–Kier alpha value is -2.27. The number of aromatic nitrogens is 4. The van der Waals surface area contributed by atoms with Crippen molar-refractivity contribution in [2.75, 3.05) is 0 Å². The molecule has 0 amide bonds. The number of Topliss-reactive ketones (excluding diaryl/α,β-unsaturated/α-hetero) is 1. The van der Waals surface area contributed by atoms with Crippen LogP contribution in [0.3, 0.4) is 0 Å². The molecule has 0 N–H and O–H groups in total. The van der Waals surface area contributed by atoms with E-state index in [-0.39, 0.29) is 5.78 Å². The van der Waals surface area contributed by atoms with E-state index in [1.807, 2.05) is 30.6 Å². The summed E-state index contributed by atoms with van der Waals surface area (Å²) in [6.07, 6.45) is 6.86. The van der Waals surface area contributed by atoms with E-state index >= 15 is 0 Å². The third-order valence-corrected chi connectivity index (χ3v) is 4.78. The minimum atomic E-state index is -0.707. The summed E-state index contributed by atoms with van der Waals surface area (Å²) in [6.45, 7) is 3.87. The van der Waals surface area contributed by atoms with Gasteiger partial charge in [-0.3, -0.25) is 9.78 Å². The monoisotopic (exact) mass is 326 g/mol. The Morgan fingerprint density at radius 2 is 2.13 bits per heavy atom. The standard InChI is InChI=1S/C17H15ClN4O/c1-10-9-22-8-7-19-16(22)14(20-10)17(2)6-5-12-11(15(17)23)3-4-13(18)21-12/h3-4,7-9H,5-6H2,1-2H3. The highest BCUT2D eigenvalue weighted by atomic mass is 35.5. The third kappa shape index (κ3) is 2.07. The molecule has 1 aliphatic carbocycles. The van der Waals surface area contributed by atoms with Crippen molar-refractivity contribution in [3.63, 3.8) is 0 Å². The SMILES string of the molecule is Cc1cn2ccnc2c(C2(C)CCc3nc(Cl)ccc3C2=O)n1. The molecule has 3 heterocycles. The maximum atomic E-state index is 13.2. The van der Waals surface area contributed by atoms with Crippen molar-refractivity contribution in [1.29, 1.82) is 0 Å². The van der Waals surface area contributed by atoms with Gasteiger partial charge >= 0.3 is 0 Å². The average Bonchev–Trinajstić information content (AvgIpc) is 2.98. The smallest absolute Gasteiger partial charge is 0.176 e. The molecule has 0 saturated carbocycles. The van der Waals surface area contributed by atoms with Crippen LogP contribution < -0.4 is 0 Å². The number of hydrogen-bond acceptors (Lipinski definition) is 4. The number of nitrogens with zero attached hydrogens (tertiary/aromatic N) is 4. The summed E-state index contributed by atoms with van der Waals surface area (Å²) in [5.41, 5.74) is 3.02. The molecule has 1 atom stereocenters. The van der Waals surface area contributed by atoms with E-state index in [1.165, 1.54) is 0 Å². The molecule has 3 aromatic heterocycles. The Morgan fingerprint density at radius 1 is 1.30 bits per heavy atom. The van der Waals surface area contributed by atoms with Crippen LogP contribution in [0.5, 0.6) is 0 Å². The Kier molecular flexibility index (Phi) is 3.03. The molecular formula is C17H15ClN4O. The van der Waals surface area contributed by atoms with Crippen molar-refractivity contribution in [2.45, 2.75) is 32.1 Å².